The molecule has 0 aliphatic heterocycles. The minimum absolute atomic E-state index is 0.102. The van der Waals surface area contributed by atoms with Gasteiger partial charge in [-0.2, -0.15) is 0 Å². The molecule has 1 rings (SSSR count). The summed E-state index contributed by atoms with van der Waals surface area (Å²) in [6, 6.07) is 7.43. The summed E-state index contributed by atoms with van der Waals surface area (Å²) >= 11 is 0. The number of hydrogen-bond acceptors (Lipinski definition) is 5. The highest BCUT2D eigenvalue weighted by Gasteiger charge is 2.33. The number of hydrogen-bond donors (Lipinski definition) is 1. The van der Waals surface area contributed by atoms with Crippen LogP contribution in [0.3, 0.4) is 0 Å². The quantitative estimate of drug-likeness (QED) is 0.242. The van der Waals surface area contributed by atoms with Gasteiger partial charge >= 0.3 is 11.9 Å². The third-order valence-corrected chi connectivity index (χ3v) is 5.22. The maximum Gasteiger partial charge on any atom is 0.320 e. The van der Waals surface area contributed by atoms with Gasteiger partial charge in [0.1, 0.15) is 0 Å². The number of carbonyl (C=O) groups excluding carboxylic acids is 3. The molecule has 0 aliphatic rings. The van der Waals surface area contributed by atoms with Crippen molar-refractivity contribution < 1.29 is 23.9 Å². The fourth-order valence-corrected chi connectivity index (χ4v) is 3.72. The Morgan fingerprint density at radius 1 is 0.871 bits per heavy atom. The molecule has 0 bridgehead atoms. The Morgan fingerprint density at radius 3 is 2.03 bits per heavy atom. The van der Waals surface area contributed by atoms with Gasteiger partial charge in [0.25, 0.3) is 0 Å². The summed E-state index contributed by atoms with van der Waals surface area (Å²) in [5.74, 6) is -2.54. The van der Waals surface area contributed by atoms with E-state index >= 15 is 0 Å². The first kappa shape index (κ1) is 26.7. The smallest absolute Gasteiger partial charge is 0.320 e. The van der Waals surface area contributed by atoms with Crippen LogP contribution in [-0.2, 0) is 30.3 Å². The zero-order valence-corrected chi connectivity index (χ0v) is 19.6. The number of amides is 1. The lowest BCUT2D eigenvalue weighted by Crippen LogP contribution is -2.35. The molecule has 1 amide bonds. The lowest BCUT2D eigenvalue weighted by atomic mass is 9.89. The van der Waals surface area contributed by atoms with Gasteiger partial charge in [0.15, 0.2) is 5.92 Å². The number of carbonyl (C=O) groups is 3. The Kier molecular flexibility index (Phi) is 13.3. The first-order valence-corrected chi connectivity index (χ1v) is 11.6. The van der Waals surface area contributed by atoms with E-state index in [-0.39, 0.29) is 25.5 Å². The summed E-state index contributed by atoms with van der Waals surface area (Å²) in [5, 5.41) is 2.92. The number of rotatable bonds is 15. The standard InChI is InChI=1S/C25H39NO5/c1-5-8-9-10-11-12-15-20-16-13-14-17-21(20)23(26-19(4)27)18-22(24(28)30-6-2)25(29)31-7-3/h13-14,16-17,22-23H,5-12,15,18H2,1-4H3,(H,26,27). The van der Waals surface area contributed by atoms with E-state index in [1.807, 2.05) is 18.2 Å². The van der Waals surface area contributed by atoms with E-state index in [9.17, 15) is 14.4 Å². The van der Waals surface area contributed by atoms with E-state index < -0.39 is 23.9 Å². The number of aryl methyl sites for hydroxylation is 1. The van der Waals surface area contributed by atoms with Gasteiger partial charge in [-0.15, -0.1) is 0 Å². The van der Waals surface area contributed by atoms with Crippen molar-refractivity contribution in [1.82, 2.24) is 5.32 Å². The molecule has 0 heterocycles. The van der Waals surface area contributed by atoms with Crippen molar-refractivity contribution >= 4 is 17.8 Å². The summed E-state index contributed by atoms with van der Waals surface area (Å²) in [5.41, 5.74) is 2.06. The molecular weight excluding hydrogens is 394 g/mol. The van der Waals surface area contributed by atoms with E-state index in [2.05, 4.69) is 18.3 Å². The monoisotopic (exact) mass is 433 g/mol. The minimum atomic E-state index is -1.08. The van der Waals surface area contributed by atoms with Crippen LogP contribution in [0.5, 0.6) is 0 Å². The molecule has 0 saturated heterocycles. The number of benzene rings is 1. The third kappa shape index (κ3) is 9.99. The second-order valence-corrected chi connectivity index (χ2v) is 7.76. The summed E-state index contributed by atoms with van der Waals surface area (Å²) < 4.78 is 10.2. The van der Waals surface area contributed by atoms with E-state index in [1.54, 1.807) is 13.8 Å². The molecule has 0 spiro atoms. The van der Waals surface area contributed by atoms with Gasteiger partial charge in [-0.05, 0) is 44.2 Å². The van der Waals surface area contributed by atoms with Crippen molar-refractivity contribution in [3.63, 3.8) is 0 Å². The summed E-state index contributed by atoms with van der Waals surface area (Å²) in [7, 11) is 0. The summed E-state index contributed by atoms with van der Waals surface area (Å²) in [6.45, 7) is 7.39. The Labute approximate surface area is 187 Å². The van der Waals surface area contributed by atoms with Crippen LogP contribution in [0.25, 0.3) is 0 Å². The van der Waals surface area contributed by atoms with Crippen LogP contribution in [0.2, 0.25) is 0 Å². The van der Waals surface area contributed by atoms with Crippen molar-refractivity contribution in [3.05, 3.63) is 35.4 Å². The first-order chi connectivity index (χ1) is 14.9. The molecule has 0 saturated carbocycles. The van der Waals surface area contributed by atoms with Crippen LogP contribution in [0, 0.1) is 5.92 Å². The Hall–Kier alpha value is -2.37. The maximum atomic E-state index is 12.5. The second kappa shape index (κ2) is 15.4. The molecule has 0 aromatic heterocycles. The van der Waals surface area contributed by atoms with Crippen molar-refractivity contribution in [2.24, 2.45) is 5.92 Å². The average molecular weight is 434 g/mol. The summed E-state index contributed by atoms with van der Waals surface area (Å²) in [6.07, 6.45) is 8.19. The van der Waals surface area contributed by atoms with Gasteiger partial charge in [-0.1, -0.05) is 63.3 Å². The number of nitrogens with one attached hydrogen (secondary N) is 1. The van der Waals surface area contributed by atoms with Crippen LogP contribution >= 0.6 is 0 Å². The molecule has 1 N–H and O–H groups in total. The molecule has 1 aromatic carbocycles. The lowest BCUT2D eigenvalue weighted by molar-refractivity contribution is -0.162. The Bertz CT molecular complexity index is 670. The molecule has 0 radical (unpaired) electrons. The minimum Gasteiger partial charge on any atom is -0.465 e. The number of unbranched alkanes of at least 4 members (excludes halogenated alkanes) is 5. The van der Waals surface area contributed by atoms with Gasteiger partial charge < -0.3 is 14.8 Å². The SMILES string of the molecule is CCCCCCCCc1ccccc1C(CC(C(=O)OCC)C(=O)OCC)NC(C)=O. The van der Waals surface area contributed by atoms with Crippen LogP contribution in [0.15, 0.2) is 24.3 Å². The third-order valence-electron chi connectivity index (χ3n) is 5.22. The fraction of sp³-hybridized carbons (Fsp3) is 0.640. The molecule has 1 atom stereocenters. The van der Waals surface area contributed by atoms with Crippen molar-refractivity contribution in [1.29, 1.82) is 0 Å². The fourth-order valence-electron chi connectivity index (χ4n) is 3.72. The molecule has 174 valence electrons. The largest absolute Gasteiger partial charge is 0.465 e. The zero-order chi connectivity index (χ0) is 23.1. The molecule has 0 fully saturated rings. The van der Waals surface area contributed by atoms with Crippen LogP contribution in [-0.4, -0.2) is 31.1 Å². The van der Waals surface area contributed by atoms with E-state index in [1.165, 1.54) is 32.6 Å². The highest BCUT2D eigenvalue weighted by Crippen LogP contribution is 2.27. The zero-order valence-electron chi connectivity index (χ0n) is 19.6. The van der Waals surface area contributed by atoms with E-state index in [0.717, 1.165) is 30.4 Å². The molecule has 0 aliphatic carbocycles. The van der Waals surface area contributed by atoms with E-state index in [0.29, 0.717) is 0 Å². The van der Waals surface area contributed by atoms with Crippen LogP contribution in [0.1, 0.15) is 89.8 Å². The Morgan fingerprint density at radius 2 is 1.45 bits per heavy atom. The molecule has 1 aromatic rings. The predicted octanol–water partition coefficient (Wildman–Crippen LogP) is 4.90. The Balaban J connectivity index is 3.02. The summed E-state index contributed by atoms with van der Waals surface area (Å²) in [4.78, 5) is 36.8. The van der Waals surface area contributed by atoms with Crippen molar-refractivity contribution in [2.75, 3.05) is 13.2 Å². The van der Waals surface area contributed by atoms with Crippen LogP contribution < -0.4 is 5.32 Å². The molecular formula is C25H39NO5. The highest BCUT2D eigenvalue weighted by atomic mass is 16.6. The maximum absolute atomic E-state index is 12.5. The predicted molar refractivity (Wildman–Crippen MR) is 121 cm³/mol. The van der Waals surface area contributed by atoms with E-state index in [4.69, 9.17) is 9.47 Å². The van der Waals surface area contributed by atoms with Crippen molar-refractivity contribution in [3.8, 4) is 0 Å². The topological polar surface area (TPSA) is 81.7 Å². The second-order valence-electron chi connectivity index (χ2n) is 7.76. The van der Waals surface area contributed by atoms with Gasteiger partial charge in [-0.3, -0.25) is 14.4 Å². The van der Waals surface area contributed by atoms with Gasteiger partial charge in [-0.25, -0.2) is 0 Å². The molecule has 6 heteroatoms. The van der Waals surface area contributed by atoms with Gasteiger partial charge in [0, 0.05) is 6.92 Å². The average Bonchev–Trinajstić information content (AvgIpc) is 2.74. The highest BCUT2D eigenvalue weighted by molar-refractivity contribution is 5.95. The molecule has 6 nitrogen and oxygen atoms in total. The molecule has 31 heavy (non-hydrogen) atoms. The normalized spacial score (nSPS) is 11.8. The first-order valence-electron chi connectivity index (χ1n) is 11.6. The van der Waals surface area contributed by atoms with Gasteiger partial charge in [0.2, 0.25) is 5.91 Å². The van der Waals surface area contributed by atoms with Crippen molar-refractivity contribution in [2.45, 2.75) is 85.1 Å². The van der Waals surface area contributed by atoms with Gasteiger partial charge in [0.05, 0.1) is 19.3 Å². The number of ether oxygens (including phenoxy) is 2. The molecule has 1 unspecified atom stereocenters. The van der Waals surface area contributed by atoms with Crippen LogP contribution in [0.4, 0.5) is 0 Å². The lowest BCUT2D eigenvalue weighted by Gasteiger charge is -2.24. The number of esters is 2.